The number of likely N-dealkylation sites (N-methyl/N-ethyl adjacent to an activating group) is 1. The molecule has 16 heavy (non-hydrogen) atoms. The minimum atomic E-state index is -0.720. The summed E-state index contributed by atoms with van der Waals surface area (Å²) in [5.74, 6) is 0.762. The van der Waals surface area contributed by atoms with Crippen molar-refractivity contribution in [3.63, 3.8) is 0 Å². The average Bonchev–Trinajstić information content (AvgIpc) is 2.61. The smallest absolute Gasteiger partial charge is 0.142 e. The zero-order valence-electron chi connectivity index (χ0n) is 9.43. The Morgan fingerprint density at radius 2 is 2.25 bits per heavy atom. The maximum atomic E-state index is 13.3. The van der Waals surface area contributed by atoms with Crippen LogP contribution in [-0.4, -0.2) is 47.2 Å². The van der Waals surface area contributed by atoms with Crippen LogP contribution in [-0.2, 0) is 6.54 Å². The van der Waals surface area contributed by atoms with Crippen LogP contribution in [0.3, 0.4) is 0 Å². The Morgan fingerprint density at radius 1 is 1.50 bits per heavy atom. The fourth-order valence-corrected chi connectivity index (χ4v) is 2.16. The summed E-state index contributed by atoms with van der Waals surface area (Å²) in [5.41, 5.74) is 0. The van der Waals surface area contributed by atoms with Crippen LogP contribution in [0.15, 0.2) is 18.5 Å². The fourth-order valence-electron chi connectivity index (χ4n) is 2.16. The number of halogens is 1. The summed E-state index contributed by atoms with van der Waals surface area (Å²) in [6, 6.07) is 2.04. The molecule has 0 unspecified atom stereocenters. The molecule has 0 spiro atoms. The monoisotopic (exact) mass is 224 g/mol. The van der Waals surface area contributed by atoms with Gasteiger partial charge in [-0.05, 0) is 19.5 Å². The highest BCUT2D eigenvalue weighted by molar-refractivity contribution is 4.93. The van der Waals surface area contributed by atoms with Gasteiger partial charge in [-0.15, -0.1) is 0 Å². The molecule has 5 heteroatoms. The standard InChI is InChI=1S/C11H17FN4/c1-13-6-10-5-9(12)7-16(10)8-11-14-3-2-4-15-11/h2-4,9-10,13H,5-8H2,1H3/t9-,10-/m1/s1. The molecule has 2 rings (SSSR count). The summed E-state index contributed by atoms with van der Waals surface area (Å²) in [7, 11) is 1.89. The second kappa shape index (κ2) is 5.32. The number of nitrogens with one attached hydrogen (secondary N) is 1. The van der Waals surface area contributed by atoms with Gasteiger partial charge >= 0.3 is 0 Å². The topological polar surface area (TPSA) is 41.0 Å². The molecular formula is C11H17FN4. The van der Waals surface area contributed by atoms with Crippen LogP contribution in [0.5, 0.6) is 0 Å². The van der Waals surface area contributed by atoms with E-state index in [-0.39, 0.29) is 6.04 Å². The number of hydrogen-bond acceptors (Lipinski definition) is 4. The van der Waals surface area contributed by atoms with E-state index in [2.05, 4.69) is 20.2 Å². The van der Waals surface area contributed by atoms with Gasteiger partial charge in [0.1, 0.15) is 12.0 Å². The molecule has 0 amide bonds. The molecule has 0 radical (unpaired) electrons. The first kappa shape index (κ1) is 11.4. The van der Waals surface area contributed by atoms with E-state index in [4.69, 9.17) is 0 Å². The molecule has 1 aliphatic heterocycles. The average molecular weight is 224 g/mol. The van der Waals surface area contributed by atoms with Crippen molar-refractivity contribution < 1.29 is 4.39 Å². The van der Waals surface area contributed by atoms with Crippen LogP contribution in [0.1, 0.15) is 12.2 Å². The SMILES string of the molecule is CNC[C@H]1C[C@@H](F)CN1Cc1ncccn1. The van der Waals surface area contributed by atoms with Gasteiger partial charge in [0.15, 0.2) is 0 Å². The minimum Gasteiger partial charge on any atom is -0.318 e. The first-order valence-electron chi connectivity index (χ1n) is 5.58. The second-order valence-corrected chi connectivity index (χ2v) is 4.14. The molecule has 88 valence electrons. The van der Waals surface area contributed by atoms with Crippen molar-refractivity contribution in [1.29, 1.82) is 0 Å². The summed E-state index contributed by atoms with van der Waals surface area (Å²) in [6.07, 6.45) is 3.33. The molecular weight excluding hydrogens is 207 g/mol. The second-order valence-electron chi connectivity index (χ2n) is 4.14. The third-order valence-electron chi connectivity index (χ3n) is 2.88. The molecule has 1 aromatic heterocycles. The van der Waals surface area contributed by atoms with Crippen LogP contribution in [0.25, 0.3) is 0 Å². The van der Waals surface area contributed by atoms with E-state index in [1.807, 2.05) is 7.05 Å². The lowest BCUT2D eigenvalue weighted by atomic mass is 10.2. The Morgan fingerprint density at radius 3 is 2.94 bits per heavy atom. The molecule has 1 fully saturated rings. The van der Waals surface area contributed by atoms with Gasteiger partial charge in [0.2, 0.25) is 0 Å². The van der Waals surface area contributed by atoms with Gasteiger partial charge in [0, 0.05) is 31.5 Å². The van der Waals surface area contributed by atoms with E-state index in [1.165, 1.54) is 0 Å². The van der Waals surface area contributed by atoms with Gasteiger partial charge in [0.05, 0.1) is 6.54 Å². The molecule has 4 nitrogen and oxygen atoms in total. The highest BCUT2D eigenvalue weighted by atomic mass is 19.1. The molecule has 0 saturated carbocycles. The van der Waals surface area contributed by atoms with E-state index in [1.54, 1.807) is 18.5 Å². The van der Waals surface area contributed by atoms with Gasteiger partial charge in [0.25, 0.3) is 0 Å². The molecule has 1 saturated heterocycles. The zero-order valence-corrected chi connectivity index (χ0v) is 9.43. The Bertz CT molecular complexity index is 319. The van der Waals surface area contributed by atoms with Crippen molar-refractivity contribution in [1.82, 2.24) is 20.2 Å². The Labute approximate surface area is 94.9 Å². The Hall–Kier alpha value is -1.07. The van der Waals surface area contributed by atoms with Gasteiger partial charge < -0.3 is 5.32 Å². The van der Waals surface area contributed by atoms with Gasteiger partial charge in [-0.25, -0.2) is 14.4 Å². The van der Waals surface area contributed by atoms with Gasteiger partial charge in [-0.1, -0.05) is 0 Å². The van der Waals surface area contributed by atoms with E-state index >= 15 is 0 Å². The fraction of sp³-hybridized carbons (Fsp3) is 0.636. The largest absolute Gasteiger partial charge is 0.318 e. The zero-order chi connectivity index (χ0) is 11.4. The van der Waals surface area contributed by atoms with Crippen LogP contribution in [0.4, 0.5) is 4.39 Å². The Kier molecular flexibility index (Phi) is 3.79. The number of nitrogens with zero attached hydrogens (tertiary/aromatic N) is 3. The predicted octanol–water partition coefficient (Wildman–Crippen LogP) is 0.608. The summed E-state index contributed by atoms with van der Waals surface area (Å²) in [5, 5.41) is 3.10. The van der Waals surface area contributed by atoms with Gasteiger partial charge in [-0.2, -0.15) is 0 Å². The Balaban J connectivity index is 1.97. The summed E-state index contributed by atoms with van der Waals surface area (Å²) in [4.78, 5) is 10.4. The molecule has 1 N–H and O–H groups in total. The summed E-state index contributed by atoms with van der Waals surface area (Å²) >= 11 is 0. The van der Waals surface area contributed by atoms with Crippen molar-refractivity contribution in [2.24, 2.45) is 0 Å². The molecule has 0 aromatic carbocycles. The van der Waals surface area contributed by atoms with E-state index < -0.39 is 6.17 Å². The summed E-state index contributed by atoms with van der Waals surface area (Å²) < 4.78 is 13.3. The van der Waals surface area contributed by atoms with E-state index in [0.29, 0.717) is 19.5 Å². The summed E-state index contributed by atoms with van der Waals surface area (Å²) in [6.45, 7) is 1.94. The van der Waals surface area contributed by atoms with Crippen LogP contribution in [0.2, 0.25) is 0 Å². The third kappa shape index (κ3) is 2.74. The molecule has 0 aliphatic carbocycles. The minimum absolute atomic E-state index is 0.254. The number of hydrogen-bond donors (Lipinski definition) is 1. The predicted molar refractivity (Wildman–Crippen MR) is 59.7 cm³/mol. The van der Waals surface area contributed by atoms with Crippen LogP contribution >= 0.6 is 0 Å². The maximum Gasteiger partial charge on any atom is 0.142 e. The molecule has 2 heterocycles. The van der Waals surface area contributed by atoms with E-state index in [0.717, 1.165) is 12.4 Å². The maximum absolute atomic E-state index is 13.3. The van der Waals surface area contributed by atoms with Crippen molar-refractivity contribution >= 4 is 0 Å². The molecule has 1 aliphatic rings. The van der Waals surface area contributed by atoms with E-state index in [9.17, 15) is 4.39 Å². The van der Waals surface area contributed by atoms with Crippen molar-refractivity contribution in [2.45, 2.75) is 25.2 Å². The third-order valence-corrected chi connectivity index (χ3v) is 2.88. The molecule has 2 atom stereocenters. The molecule has 0 bridgehead atoms. The van der Waals surface area contributed by atoms with Crippen molar-refractivity contribution in [3.05, 3.63) is 24.3 Å². The van der Waals surface area contributed by atoms with Gasteiger partial charge in [-0.3, -0.25) is 4.90 Å². The van der Waals surface area contributed by atoms with Crippen molar-refractivity contribution in [2.75, 3.05) is 20.1 Å². The number of alkyl halides is 1. The quantitative estimate of drug-likeness (QED) is 0.813. The lowest BCUT2D eigenvalue weighted by Gasteiger charge is -2.22. The number of likely N-dealkylation sites (tertiary alicyclic amines) is 1. The number of aromatic nitrogens is 2. The lowest BCUT2D eigenvalue weighted by molar-refractivity contribution is 0.227. The highest BCUT2D eigenvalue weighted by Gasteiger charge is 2.31. The first-order valence-corrected chi connectivity index (χ1v) is 5.58. The normalized spacial score (nSPS) is 26.1. The van der Waals surface area contributed by atoms with Crippen LogP contribution < -0.4 is 5.32 Å². The highest BCUT2D eigenvalue weighted by Crippen LogP contribution is 2.21. The van der Waals surface area contributed by atoms with Crippen LogP contribution in [0, 0.1) is 0 Å². The number of rotatable bonds is 4. The first-order chi connectivity index (χ1) is 7.79. The molecule has 1 aromatic rings. The van der Waals surface area contributed by atoms with Crippen molar-refractivity contribution in [3.8, 4) is 0 Å². The lowest BCUT2D eigenvalue weighted by Crippen LogP contribution is -2.36.